The maximum absolute atomic E-state index is 13.8. The number of benzene rings is 2. The second-order valence-corrected chi connectivity index (χ2v) is 10.8. The van der Waals surface area contributed by atoms with Crippen molar-refractivity contribution in [1.82, 2.24) is 10.2 Å². The standard InChI is InChI=1S/C27H39N3O6S/c1-7-9-15-28-27(32)23(8-2)29(18-21-12-10-11-20(3)16-21)26(31)19-30(37(6,33)34)22-13-14-24(35-4)25(17-22)36-5/h10-14,16-17,23H,7-9,15,18-19H2,1-6H3,(H,28,32)/t23-/m1/s1. The monoisotopic (exact) mass is 533 g/mol. The number of unbranched alkanes of at least 4 members (excludes halogenated alkanes) is 1. The number of nitrogens with zero attached hydrogens (tertiary/aromatic N) is 2. The third kappa shape index (κ3) is 8.38. The van der Waals surface area contributed by atoms with E-state index >= 15 is 0 Å². The Kier molecular flexibility index (Phi) is 11.2. The van der Waals surface area contributed by atoms with Crippen LogP contribution in [0.1, 0.15) is 44.2 Å². The SMILES string of the molecule is CCCCNC(=O)[C@@H](CC)N(Cc1cccc(C)c1)C(=O)CN(c1ccc(OC)c(OC)c1)S(C)(=O)=O. The van der Waals surface area contributed by atoms with Gasteiger partial charge in [0, 0.05) is 19.2 Å². The number of methoxy groups -OCH3 is 2. The Hall–Kier alpha value is -3.27. The number of carbonyl (C=O) groups is 2. The Morgan fingerprint density at radius 1 is 1.03 bits per heavy atom. The lowest BCUT2D eigenvalue weighted by atomic mass is 10.1. The average molecular weight is 534 g/mol. The van der Waals surface area contributed by atoms with Gasteiger partial charge in [0.05, 0.1) is 26.2 Å². The molecule has 2 aromatic rings. The second kappa shape index (κ2) is 13.9. The zero-order valence-corrected chi connectivity index (χ0v) is 23.4. The van der Waals surface area contributed by atoms with E-state index in [9.17, 15) is 18.0 Å². The third-order valence-electron chi connectivity index (χ3n) is 5.99. The molecule has 0 heterocycles. The van der Waals surface area contributed by atoms with Crippen molar-refractivity contribution in [2.75, 3.05) is 37.9 Å². The zero-order chi connectivity index (χ0) is 27.6. The Labute approximate surface area is 220 Å². The highest BCUT2D eigenvalue weighted by atomic mass is 32.2. The summed E-state index contributed by atoms with van der Waals surface area (Å²) in [6.07, 6.45) is 3.17. The minimum atomic E-state index is -3.85. The average Bonchev–Trinajstić information content (AvgIpc) is 2.86. The van der Waals surface area contributed by atoms with Gasteiger partial charge in [-0.2, -0.15) is 0 Å². The molecule has 2 aromatic carbocycles. The molecule has 0 aliphatic heterocycles. The summed E-state index contributed by atoms with van der Waals surface area (Å²) >= 11 is 0. The van der Waals surface area contributed by atoms with Gasteiger partial charge in [-0.25, -0.2) is 8.42 Å². The van der Waals surface area contributed by atoms with Crippen LogP contribution in [0.25, 0.3) is 0 Å². The van der Waals surface area contributed by atoms with E-state index in [2.05, 4.69) is 5.32 Å². The number of ether oxygens (including phenoxy) is 2. The first-order chi connectivity index (χ1) is 17.5. The van der Waals surface area contributed by atoms with Crippen LogP contribution in [-0.4, -0.2) is 64.7 Å². The van der Waals surface area contributed by atoms with E-state index in [-0.39, 0.29) is 18.1 Å². The van der Waals surface area contributed by atoms with Gasteiger partial charge < -0.3 is 19.7 Å². The maximum atomic E-state index is 13.8. The van der Waals surface area contributed by atoms with Gasteiger partial charge >= 0.3 is 0 Å². The number of rotatable bonds is 14. The fraction of sp³-hybridized carbons (Fsp3) is 0.481. The molecule has 0 bridgehead atoms. The molecule has 0 saturated carbocycles. The molecule has 0 fully saturated rings. The molecule has 0 aliphatic carbocycles. The molecule has 0 unspecified atom stereocenters. The quantitative estimate of drug-likeness (QED) is 0.373. The van der Waals surface area contributed by atoms with Crippen LogP contribution in [-0.2, 0) is 26.2 Å². The number of hydrogen-bond acceptors (Lipinski definition) is 6. The molecule has 9 nitrogen and oxygen atoms in total. The summed E-state index contributed by atoms with van der Waals surface area (Å²) in [6, 6.07) is 11.6. The number of aryl methyl sites for hydroxylation is 1. The van der Waals surface area contributed by atoms with Crippen molar-refractivity contribution >= 4 is 27.5 Å². The van der Waals surface area contributed by atoms with Crippen LogP contribution in [0, 0.1) is 6.92 Å². The summed E-state index contributed by atoms with van der Waals surface area (Å²) in [4.78, 5) is 28.3. The molecule has 0 radical (unpaired) electrons. The minimum absolute atomic E-state index is 0.170. The predicted octanol–water partition coefficient (Wildman–Crippen LogP) is 3.50. The van der Waals surface area contributed by atoms with E-state index in [1.807, 2.05) is 45.0 Å². The number of nitrogens with one attached hydrogen (secondary N) is 1. The first-order valence-electron chi connectivity index (χ1n) is 12.4. The van der Waals surface area contributed by atoms with Gasteiger partial charge in [0.1, 0.15) is 12.6 Å². The van der Waals surface area contributed by atoms with Crippen molar-refractivity contribution in [2.24, 2.45) is 0 Å². The molecule has 0 aliphatic rings. The fourth-order valence-electron chi connectivity index (χ4n) is 4.03. The Morgan fingerprint density at radius 2 is 1.73 bits per heavy atom. The van der Waals surface area contributed by atoms with E-state index in [0.717, 1.165) is 34.5 Å². The lowest BCUT2D eigenvalue weighted by Gasteiger charge is -2.33. The largest absolute Gasteiger partial charge is 0.493 e. The first kappa shape index (κ1) is 30.0. The summed E-state index contributed by atoms with van der Waals surface area (Å²) < 4.78 is 37.2. The first-order valence-corrected chi connectivity index (χ1v) is 14.2. The van der Waals surface area contributed by atoms with Crippen LogP contribution in [0.2, 0.25) is 0 Å². The van der Waals surface area contributed by atoms with Crippen LogP contribution >= 0.6 is 0 Å². The maximum Gasteiger partial charge on any atom is 0.244 e. The molecule has 0 aromatic heterocycles. The van der Waals surface area contributed by atoms with Crippen molar-refractivity contribution in [2.45, 2.75) is 52.6 Å². The molecule has 37 heavy (non-hydrogen) atoms. The summed E-state index contributed by atoms with van der Waals surface area (Å²) in [7, 11) is -0.922. The Morgan fingerprint density at radius 3 is 2.30 bits per heavy atom. The number of carbonyl (C=O) groups excluding carboxylic acids is 2. The van der Waals surface area contributed by atoms with E-state index in [1.54, 1.807) is 12.1 Å². The van der Waals surface area contributed by atoms with Gasteiger partial charge in [-0.15, -0.1) is 0 Å². The summed E-state index contributed by atoms with van der Waals surface area (Å²) in [5.41, 5.74) is 2.13. The molecule has 1 atom stereocenters. The molecular weight excluding hydrogens is 494 g/mol. The van der Waals surface area contributed by atoms with Gasteiger partial charge in [0.2, 0.25) is 21.8 Å². The molecule has 2 amide bonds. The molecule has 204 valence electrons. The molecule has 2 rings (SSSR count). The normalized spacial score (nSPS) is 11.9. The minimum Gasteiger partial charge on any atom is -0.493 e. The molecule has 0 spiro atoms. The highest BCUT2D eigenvalue weighted by Crippen LogP contribution is 2.32. The molecule has 1 N–H and O–H groups in total. The number of sulfonamides is 1. The Balaban J connectivity index is 2.45. The number of hydrogen-bond donors (Lipinski definition) is 1. The fourth-order valence-corrected chi connectivity index (χ4v) is 4.87. The van der Waals surface area contributed by atoms with Crippen molar-refractivity contribution < 1.29 is 27.5 Å². The van der Waals surface area contributed by atoms with E-state index in [4.69, 9.17) is 9.47 Å². The van der Waals surface area contributed by atoms with Crippen LogP contribution in [0.4, 0.5) is 5.69 Å². The topological polar surface area (TPSA) is 105 Å². The second-order valence-electron chi connectivity index (χ2n) is 8.89. The van der Waals surface area contributed by atoms with Crippen LogP contribution in [0.5, 0.6) is 11.5 Å². The van der Waals surface area contributed by atoms with Crippen LogP contribution in [0.15, 0.2) is 42.5 Å². The molecule has 0 saturated heterocycles. The summed E-state index contributed by atoms with van der Waals surface area (Å²) in [5.74, 6) is 0.0227. The highest BCUT2D eigenvalue weighted by Gasteiger charge is 2.32. The Bertz CT molecular complexity index is 1170. The lowest BCUT2D eigenvalue weighted by Crippen LogP contribution is -2.52. The predicted molar refractivity (Wildman–Crippen MR) is 145 cm³/mol. The van der Waals surface area contributed by atoms with Crippen LogP contribution < -0.4 is 19.1 Å². The zero-order valence-electron chi connectivity index (χ0n) is 22.6. The summed E-state index contributed by atoms with van der Waals surface area (Å²) in [5, 5.41) is 2.91. The van der Waals surface area contributed by atoms with Crippen molar-refractivity contribution in [3.63, 3.8) is 0 Å². The van der Waals surface area contributed by atoms with Gasteiger partial charge in [-0.3, -0.25) is 13.9 Å². The number of anilines is 1. The van der Waals surface area contributed by atoms with Crippen molar-refractivity contribution in [3.8, 4) is 11.5 Å². The van der Waals surface area contributed by atoms with Gasteiger partial charge in [0.25, 0.3) is 0 Å². The molecule has 10 heteroatoms. The third-order valence-corrected chi connectivity index (χ3v) is 7.13. The van der Waals surface area contributed by atoms with Gasteiger partial charge in [-0.1, -0.05) is 50.1 Å². The van der Waals surface area contributed by atoms with E-state index in [0.29, 0.717) is 24.5 Å². The van der Waals surface area contributed by atoms with Crippen molar-refractivity contribution in [1.29, 1.82) is 0 Å². The van der Waals surface area contributed by atoms with Crippen LogP contribution in [0.3, 0.4) is 0 Å². The lowest BCUT2D eigenvalue weighted by molar-refractivity contribution is -0.140. The molecular formula is C27H39N3O6S. The van der Waals surface area contributed by atoms with E-state index in [1.165, 1.54) is 25.2 Å². The van der Waals surface area contributed by atoms with E-state index < -0.39 is 28.5 Å². The summed E-state index contributed by atoms with van der Waals surface area (Å²) in [6.45, 7) is 6.03. The highest BCUT2D eigenvalue weighted by molar-refractivity contribution is 7.92. The van der Waals surface area contributed by atoms with Crippen molar-refractivity contribution in [3.05, 3.63) is 53.6 Å². The smallest absolute Gasteiger partial charge is 0.244 e. The number of amides is 2. The van der Waals surface area contributed by atoms with Gasteiger partial charge in [-0.05, 0) is 37.5 Å². The van der Waals surface area contributed by atoms with Gasteiger partial charge in [0.15, 0.2) is 11.5 Å².